The molecule has 0 saturated carbocycles. The summed E-state index contributed by atoms with van der Waals surface area (Å²) in [6, 6.07) is 2.39. The van der Waals surface area contributed by atoms with Gasteiger partial charge in [-0.15, -0.1) is 0 Å². The van der Waals surface area contributed by atoms with Crippen molar-refractivity contribution in [3.63, 3.8) is 0 Å². The third-order valence-corrected chi connectivity index (χ3v) is 8.48. The smallest absolute Gasteiger partial charge is 0.0835 e. The van der Waals surface area contributed by atoms with Crippen molar-refractivity contribution in [3.8, 4) is 0 Å². The summed E-state index contributed by atoms with van der Waals surface area (Å²) in [6.07, 6.45) is 14.0. The van der Waals surface area contributed by atoms with Crippen molar-refractivity contribution >= 4 is 21.2 Å². The monoisotopic (exact) mass is 360 g/mol. The average molecular weight is 360 g/mol. The number of rotatable bonds is 1. The van der Waals surface area contributed by atoms with E-state index in [0.29, 0.717) is 0 Å². The zero-order valence-electron chi connectivity index (χ0n) is 14.1. The maximum Gasteiger partial charge on any atom is 0.0835 e. The average Bonchev–Trinajstić information content (AvgIpc) is 2.31. The first-order valence-electron chi connectivity index (χ1n) is 7.65. The van der Waals surface area contributed by atoms with Crippen LogP contribution in [0.4, 0.5) is 0 Å². The normalized spacial score (nSPS) is 14.7. The number of hydrogen-bond donors (Lipinski definition) is 0. The first kappa shape index (κ1) is 20.9. The van der Waals surface area contributed by atoms with Crippen LogP contribution in [0.25, 0.3) is 0 Å². The van der Waals surface area contributed by atoms with E-state index < -0.39 is 8.07 Å². The molecule has 118 valence electrons. The molecule has 0 fully saturated rings. The SMILES string of the molecule is C1=CCCC=CCC1.Cc1cpc([Si](C)(C)C)cc1C.[Fe]. The van der Waals surface area contributed by atoms with Crippen molar-refractivity contribution in [2.24, 2.45) is 0 Å². The summed E-state index contributed by atoms with van der Waals surface area (Å²) in [4.78, 5) is 1.66. The molecule has 1 aliphatic rings. The van der Waals surface area contributed by atoms with E-state index in [4.69, 9.17) is 0 Å². The van der Waals surface area contributed by atoms with Crippen LogP contribution in [-0.4, -0.2) is 8.07 Å². The topological polar surface area (TPSA) is 0 Å². The summed E-state index contributed by atoms with van der Waals surface area (Å²) >= 11 is 0. The molecule has 1 aromatic rings. The third kappa shape index (κ3) is 8.79. The van der Waals surface area contributed by atoms with Gasteiger partial charge in [-0.3, -0.25) is 0 Å². The van der Waals surface area contributed by atoms with Crippen molar-refractivity contribution < 1.29 is 17.1 Å². The van der Waals surface area contributed by atoms with Crippen LogP contribution in [0.1, 0.15) is 36.8 Å². The van der Waals surface area contributed by atoms with E-state index >= 15 is 0 Å². The summed E-state index contributed by atoms with van der Waals surface area (Å²) in [5.74, 6) is 2.34. The molecule has 0 bridgehead atoms. The van der Waals surface area contributed by atoms with Gasteiger partial charge in [0.2, 0.25) is 0 Å². The van der Waals surface area contributed by atoms with E-state index in [1.807, 2.05) is 0 Å². The number of hydrogen-bond acceptors (Lipinski definition) is 0. The van der Waals surface area contributed by atoms with Crippen LogP contribution in [-0.2, 0) is 17.1 Å². The van der Waals surface area contributed by atoms with E-state index in [2.05, 4.69) is 69.7 Å². The van der Waals surface area contributed by atoms with Gasteiger partial charge in [0.1, 0.15) is 0 Å². The van der Waals surface area contributed by atoms with Crippen LogP contribution < -0.4 is 4.92 Å². The fourth-order valence-corrected chi connectivity index (χ4v) is 5.09. The summed E-state index contributed by atoms with van der Waals surface area (Å²) in [5, 5.41) is 0. The standard InChI is InChI=1S/C10H17PSi.C8H12.Fe/c1-8-6-10(12(3,4)5)11-7-9(8)2;1-2-4-6-8-7-5-3-1;/h6-7H,1-5H3;1-2,7-8H,3-6H2;. The van der Waals surface area contributed by atoms with E-state index in [-0.39, 0.29) is 17.1 Å². The fraction of sp³-hybridized carbons (Fsp3) is 0.500. The van der Waals surface area contributed by atoms with Crippen LogP contribution in [0.3, 0.4) is 0 Å². The molecule has 0 amide bonds. The van der Waals surface area contributed by atoms with Crippen LogP contribution in [0.15, 0.2) is 36.2 Å². The van der Waals surface area contributed by atoms with Crippen molar-refractivity contribution in [1.29, 1.82) is 0 Å². The Kier molecular flexibility index (Phi) is 10.5. The molecule has 21 heavy (non-hydrogen) atoms. The van der Waals surface area contributed by atoms with Gasteiger partial charge in [0, 0.05) is 17.1 Å². The molecule has 1 heterocycles. The van der Waals surface area contributed by atoms with Gasteiger partial charge in [-0.1, -0.05) is 58.2 Å². The van der Waals surface area contributed by atoms with Crippen molar-refractivity contribution in [2.45, 2.75) is 59.2 Å². The van der Waals surface area contributed by atoms with E-state index in [1.54, 1.807) is 4.92 Å². The Morgan fingerprint density at radius 3 is 1.57 bits per heavy atom. The molecule has 0 N–H and O–H groups in total. The Labute approximate surface area is 144 Å². The first-order valence-corrected chi connectivity index (χ1v) is 12.1. The molecule has 0 radical (unpaired) electrons. The predicted molar refractivity (Wildman–Crippen MR) is 98.2 cm³/mol. The molecular weight excluding hydrogens is 331 g/mol. The van der Waals surface area contributed by atoms with Crippen molar-refractivity contribution in [2.75, 3.05) is 0 Å². The zero-order valence-corrected chi connectivity index (χ0v) is 17.1. The predicted octanol–water partition coefficient (Wildman–Crippen LogP) is 6.10. The molecule has 2 rings (SSSR count). The molecular formula is C18H29FePSi. The van der Waals surface area contributed by atoms with Gasteiger partial charge >= 0.3 is 0 Å². The summed E-state index contributed by atoms with van der Waals surface area (Å²) in [7, 11) is 0.392. The molecule has 0 spiro atoms. The van der Waals surface area contributed by atoms with Gasteiger partial charge in [-0.05, 0) is 61.4 Å². The summed E-state index contributed by atoms with van der Waals surface area (Å²) in [6.45, 7) is 11.6. The van der Waals surface area contributed by atoms with Crippen LogP contribution in [0.2, 0.25) is 19.6 Å². The molecule has 1 aliphatic carbocycles. The third-order valence-electron chi connectivity index (χ3n) is 3.47. The van der Waals surface area contributed by atoms with Crippen LogP contribution in [0, 0.1) is 13.8 Å². The first-order chi connectivity index (χ1) is 9.41. The van der Waals surface area contributed by atoms with Gasteiger partial charge < -0.3 is 0 Å². The molecule has 0 aliphatic heterocycles. The molecule has 0 unspecified atom stereocenters. The Morgan fingerprint density at radius 2 is 1.24 bits per heavy atom. The van der Waals surface area contributed by atoms with Gasteiger partial charge in [0.15, 0.2) is 0 Å². The molecule has 0 saturated heterocycles. The number of aryl methyl sites for hydroxylation is 2. The second-order valence-electron chi connectivity index (χ2n) is 6.50. The molecule has 1 aromatic heterocycles. The second kappa shape index (κ2) is 10.6. The van der Waals surface area contributed by atoms with Gasteiger partial charge in [-0.25, -0.2) is 0 Å². The van der Waals surface area contributed by atoms with E-state index in [1.165, 1.54) is 45.0 Å². The maximum absolute atomic E-state index is 2.41. The van der Waals surface area contributed by atoms with E-state index in [9.17, 15) is 0 Å². The summed E-state index contributed by atoms with van der Waals surface area (Å²) in [5.41, 5.74) is 2.89. The van der Waals surface area contributed by atoms with Crippen LogP contribution in [0.5, 0.6) is 0 Å². The Morgan fingerprint density at radius 1 is 0.810 bits per heavy atom. The molecule has 0 aromatic carbocycles. The van der Waals surface area contributed by atoms with Crippen molar-refractivity contribution in [1.82, 2.24) is 0 Å². The molecule has 0 nitrogen and oxygen atoms in total. The van der Waals surface area contributed by atoms with Crippen molar-refractivity contribution in [3.05, 3.63) is 47.3 Å². The van der Waals surface area contributed by atoms with Gasteiger partial charge in [0.05, 0.1) is 8.07 Å². The van der Waals surface area contributed by atoms with Crippen LogP contribution >= 0.6 is 8.19 Å². The minimum atomic E-state index is -1.04. The summed E-state index contributed by atoms with van der Waals surface area (Å²) < 4.78 is 0. The quantitative estimate of drug-likeness (QED) is 0.419. The Bertz CT molecular complexity index is 447. The minimum Gasteiger partial charge on any atom is -0.0882 e. The zero-order chi connectivity index (χ0) is 15.0. The minimum absolute atomic E-state index is 0. The molecule has 3 heteroatoms. The Balaban J connectivity index is 0.000000390. The molecule has 0 atom stereocenters. The maximum atomic E-state index is 2.41. The van der Waals surface area contributed by atoms with E-state index in [0.717, 1.165) is 0 Å². The fourth-order valence-electron chi connectivity index (χ4n) is 1.89. The second-order valence-corrected chi connectivity index (χ2v) is 13.0. The number of allylic oxidation sites excluding steroid dienone is 4. The van der Waals surface area contributed by atoms with Gasteiger partial charge in [0.25, 0.3) is 0 Å². The van der Waals surface area contributed by atoms with Gasteiger partial charge in [-0.2, -0.15) is 0 Å². The Hall–Kier alpha value is -0.134. The largest absolute Gasteiger partial charge is 0.0882 e.